The van der Waals surface area contributed by atoms with Gasteiger partial charge in [-0.1, -0.05) is 71.1 Å². The first-order valence-corrected chi connectivity index (χ1v) is 25.6. The maximum atomic E-state index is 14.2. The van der Waals surface area contributed by atoms with Gasteiger partial charge in [-0.3, -0.25) is 28.8 Å². The van der Waals surface area contributed by atoms with Gasteiger partial charge < -0.3 is 39.8 Å². The molecule has 0 aromatic carbocycles. The minimum absolute atomic E-state index is 0.0286. The van der Waals surface area contributed by atoms with Gasteiger partial charge in [0.05, 0.1) is 24.8 Å². The first-order valence-electron chi connectivity index (χ1n) is 25.6. The van der Waals surface area contributed by atoms with E-state index in [9.17, 15) is 39.0 Å². The topological polar surface area (TPSA) is 209 Å². The van der Waals surface area contributed by atoms with Crippen LogP contribution in [0.2, 0.25) is 0 Å². The van der Waals surface area contributed by atoms with Gasteiger partial charge in [0.25, 0.3) is 11.7 Å². The van der Waals surface area contributed by atoms with Gasteiger partial charge in [0.2, 0.25) is 0 Å². The number of allylic oxidation sites excluding steroid dienone is 6. The largest absolute Gasteiger partial charge is 0.459 e. The van der Waals surface area contributed by atoms with Gasteiger partial charge >= 0.3 is 5.97 Å². The predicted octanol–water partition coefficient (Wildman–Crippen LogP) is 7.41. The molecule has 1 unspecified atom stereocenters. The number of nitrogens with zero attached hydrogens (tertiary/aromatic N) is 1. The van der Waals surface area contributed by atoms with E-state index in [1.165, 1.54) is 18.9 Å². The average molecular weight is 969 g/mol. The van der Waals surface area contributed by atoms with Crippen molar-refractivity contribution in [2.75, 3.05) is 34.4 Å². The Hall–Kier alpha value is -3.66. The zero-order valence-electron chi connectivity index (χ0n) is 43.8. The van der Waals surface area contributed by atoms with Gasteiger partial charge in [-0.2, -0.15) is 0 Å². The number of methoxy groups -OCH3 is 3. The van der Waals surface area contributed by atoms with Crippen molar-refractivity contribution < 1.29 is 57.9 Å². The van der Waals surface area contributed by atoms with Crippen LogP contribution in [0, 0.1) is 41.4 Å². The Bertz CT molecular complexity index is 1840. The second-order valence-corrected chi connectivity index (χ2v) is 20.9. The Kier molecular flexibility index (Phi) is 25.1. The summed E-state index contributed by atoms with van der Waals surface area (Å²) in [6.07, 6.45) is 17.2. The number of aliphatic hydroxyl groups is 2. The summed E-state index contributed by atoms with van der Waals surface area (Å²) in [6, 6.07) is -0.689. The maximum absolute atomic E-state index is 14.2. The molecule has 0 aromatic rings. The van der Waals surface area contributed by atoms with E-state index >= 15 is 0 Å². The number of Topliss-reactive ketones (excluding diaryl/α,β-unsaturated/α-hetero) is 4. The molecule has 14 atom stereocenters. The first-order chi connectivity index (χ1) is 32.6. The number of rotatable bonds is 27. The lowest BCUT2D eigenvalue weighted by atomic mass is 9.67. The fourth-order valence-corrected chi connectivity index (χ4v) is 10.7. The van der Waals surface area contributed by atoms with Crippen molar-refractivity contribution in [1.82, 2.24) is 4.90 Å². The number of hydrogen-bond donors (Lipinski definition) is 3. The van der Waals surface area contributed by atoms with Crippen LogP contribution < -0.4 is 5.73 Å². The monoisotopic (exact) mass is 969 g/mol. The Morgan fingerprint density at radius 1 is 0.841 bits per heavy atom. The number of nitrogens with two attached hydrogens (primary N) is 1. The number of aliphatic hydroxyl groups excluding tert-OH is 1. The molecule has 4 N–H and O–H groups in total. The van der Waals surface area contributed by atoms with Gasteiger partial charge in [-0.15, -0.1) is 0 Å². The standard InChI is InChI=1S/C55H88N2O12/c1-34(27-38(5)50(61)52(68-11)51(62)39(6)29-37(4)41(8)58)17-13-12-14-18-36(3)47(66-9)31-43-22-21-40(7)55(65,32-43)53(63)54(64)57-26-16-15-19-44(57)45(59)24-20-35(2)28-42-23-25-46(48(30-42)67-10)69-49(60)33-56/h12-14,17-18,29,34-35,37-38,40,42-44,46-48,51-52,62,65H,15-16,19-28,30-33,56H2,1-11H3/b14-12+,17-13+,36-18+,39-29+/t34-,35+,37-,38-,40-,42?,43+,44+,46-,47+,48-,51-,52+,55+/m1/s1. The molecule has 2 aliphatic carbocycles. The highest BCUT2D eigenvalue weighted by molar-refractivity contribution is 6.39. The number of carbonyl (C=O) groups is 6. The molecular weight excluding hydrogens is 881 g/mol. The van der Waals surface area contributed by atoms with Gasteiger partial charge in [0.15, 0.2) is 11.6 Å². The summed E-state index contributed by atoms with van der Waals surface area (Å²) in [5.74, 6) is -2.89. The fraction of sp³-hybridized carbons (Fsp3) is 0.745. The smallest absolute Gasteiger partial charge is 0.320 e. The van der Waals surface area contributed by atoms with Crippen LogP contribution in [-0.4, -0.2) is 127 Å². The van der Waals surface area contributed by atoms with Gasteiger partial charge in [-0.25, -0.2) is 0 Å². The number of piperidine rings is 1. The lowest BCUT2D eigenvalue weighted by Gasteiger charge is -2.43. The number of carbonyl (C=O) groups excluding carboxylic acids is 6. The summed E-state index contributed by atoms with van der Waals surface area (Å²) in [7, 11) is 4.67. The van der Waals surface area contributed by atoms with Crippen LogP contribution in [0.4, 0.5) is 0 Å². The molecule has 14 heteroatoms. The number of likely N-dealkylation sites (tertiary alicyclic amines) is 1. The minimum atomic E-state index is -1.85. The molecule has 3 rings (SSSR count). The lowest BCUT2D eigenvalue weighted by Crippen LogP contribution is -2.58. The van der Waals surface area contributed by atoms with Crippen molar-refractivity contribution in [1.29, 1.82) is 0 Å². The summed E-state index contributed by atoms with van der Waals surface area (Å²) in [5, 5.41) is 23.0. The molecule has 390 valence electrons. The zero-order chi connectivity index (χ0) is 51.6. The van der Waals surface area contributed by atoms with Crippen LogP contribution in [0.25, 0.3) is 0 Å². The predicted molar refractivity (Wildman–Crippen MR) is 267 cm³/mol. The number of hydrogen-bond acceptors (Lipinski definition) is 13. The van der Waals surface area contributed by atoms with Crippen LogP contribution in [0.3, 0.4) is 0 Å². The van der Waals surface area contributed by atoms with Crippen molar-refractivity contribution in [2.24, 2.45) is 47.2 Å². The van der Waals surface area contributed by atoms with Gasteiger partial charge in [0.1, 0.15) is 29.7 Å². The van der Waals surface area contributed by atoms with E-state index < -0.39 is 47.4 Å². The molecular formula is C55H88N2O12. The first kappa shape index (κ1) is 59.6. The quantitative estimate of drug-likeness (QED) is 0.0318. The van der Waals surface area contributed by atoms with E-state index in [0.717, 1.165) is 37.7 Å². The molecule has 1 saturated heterocycles. The van der Waals surface area contributed by atoms with E-state index in [1.54, 1.807) is 34.1 Å². The summed E-state index contributed by atoms with van der Waals surface area (Å²) in [6.45, 7) is 14.9. The molecule has 14 nitrogen and oxygen atoms in total. The summed E-state index contributed by atoms with van der Waals surface area (Å²) in [5.41, 5.74) is 5.07. The summed E-state index contributed by atoms with van der Waals surface area (Å²) in [4.78, 5) is 80.3. The van der Waals surface area contributed by atoms with Crippen LogP contribution in [0.15, 0.2) is 47.6 Å². The second kappa shape index (κ2) is 29.0. The third-order valence-corrected chi connectivity index (χ3v) is 15.4. The Morgan fingerprint density at radius 2 is 1.54 bits per heavy atom. The number of ketones is 4. The van der Waals surface area contributed by atoms with Gasteiger partial charge in [0, 0.05) is 46.1 Å². The SMILES string of the molecule is CO[C@@H](C[C@@H]1CC[C@@H](C)[C@](O)(C(=O)C(=O)N2CCCC[C@H]2C(=O)CC[C@H](C)CC2CC[C@@H](OC(=O)CN)[C@H](OC)C2)C1)/C(C)=C/C=C/C=C/[C@@H](C)C[C@@H](C)C(=O)[C@H](OC)[C@H](O)/C(C)=C/[C@@H](C)C(C)=O. The highest BCUT2D eigenvalue weighted by Crippen LogP contribution is 2.41. The summed E-state index contributed by atoms with van der Waals surface area (Å²) >= 11 is 0. The summed E-state index contributed by atoms with van der Waals surface area (Å²) < 4.78 is 22.5. The molecule has 0 radical (unpaired) electrons. The van der Waals surface area contributed by atoms with Crippen molar-refractivity contribution in [2.45, 2.75) is 187 Å². The molecule has 1 amide bonds. The van der Waals surface area contributed by atoms with Crippen molar-refractivity contribution >= 4 is 35.0 Å². The molecule has 3 fully saturated rings. The van der Waals surface area contributed by atoms with E-state index in [0.29, 0.717) is 69.4 Å². The second-order valence-electron chi connectivity index (χ2n) is 20.9. The molecule has 0 aromatic heterocycles. The molecule has 0 bridgehead atoms. The highest BCUT2D eigenvalue weighted by atomic mass is 16.6. The maximum Gasteiger partial charge on any atom is 0.320 e. The number of amides is 1. The highest BCUT2D eigenvalue weighted by Gasteiger charge is 2.51. The lowest BCUT2D eigenvalue weighted by molar-refractivity contribution is -0.165. The van der Waals surface area contributed by atoms with Crippen LogP contribution >= 0.6 is 0 Å². The van der Waals surface area contributed by atoms with E-state index in [1.807, 2.05) is 58.1 Å². The van der Waals surface area contributed by atoms with E-state index in [-0.39, 0.29) is 78.2 Å². The van der Waals surface area contributed by atoms with Crippen LogP contribution in [0.1, 0.15) is 145 Å². The Balaban J connectivity index is 1.55. The minimum Gasteiger partial charge on any atom is -0.459 e. The Labute approximate surface area is 413 Å². The normalized spacial score (nSPS) is 28.1. The van der Waals surface area contributed by atoms with E-state index in [2.05, 4.69) is 6.92 Å². The van der Waals surface area contributed by atoms with Crippen molar-refractivity contribution in [3.8, 4) is 0 Å². The van der Waals surface area contributed by atoms with E-state index in [4.69, 9.17) is 24.7 Å². The Morgan fingerprint density at radius 3 is 2.17 bits per heavy atom. The van der Waals surface area contributed by atoms with Gasteiger partial charge in [-0.05, 0) is 145 Å². The third kappa shape index (κ3) is 17.6. The fourth-order valence-electron chi connectivity index (χ4n) is 10.7. The molecule has 69 heavy (non-hydrogen) atoms. The molecule has 1 aliphatic heterocycles. The number of esters is 1. The zero-order valence-corrected chi connectivity index (χ0v) is 43.8. The molecule has 2 saturated carbocycles. The number of ether oxygens (including phenoxy) is 4. The molecule has 3 aliphatic rings. The molecule has 1 heterocycles. The van der Waals surface area contributed by atoms with Crippen LogP contribution in [0.5, 0.6) is 0 Å². The van der Waals surface area contributed by atoms with Crippen molar-refractivity contribution in [3.63, 3.8) is 0 Å². The van der Waals surface area contributed by atoms with Crippen molar-refractivity contribution in [3.05, 3.63) is 47.6 Å². The average Bonchev–Trinajstić information content (AvgIpc) is 3.33. The molecule has 0 spiro atoms. The van der Waals surface area contributed by atoms with Crippen LogP contribution in [-0.2, 0) is 47.7 Å². The third-order valence-electron chi connectivity index (χ3n) is 15.4.